The number of nitrogens with two attached hydrogens (primary N) is 1. The second-order valence-electron chi connectivity index (χ2n) is 2.56. The average Bonchev–Trinajstić information content (AvgIpc) is 2.44. The van der Waals surface area contributed by atoms with Crippen LogP contribution in [0.1, 0.15) is 19.8 Å². The van der Waals surface area contributed by atoms with Gasteiger partial charge in [-0.3, -0.25) is 0 Å². The fourth-order valence-electron chi connectivity index (χ4n) is 0.969. The molecule has 48 valence electrons. The summed E-state index contributed by atoms with van der Waals surface area (Å²) >= 11 is 1.92. The highest BCUT2D eigenvalue weighted by molar-refractivity contribution is 8.00. The summed E-state index contributed by atoms with van der Waals surface area (Å²) in [5.74, 6) is 0. The average molecular weight is 131 g/mol. The molecule has 1 unspecified atom stereocenters. The van der Waals surface area contributed by atoms with Crippen molar-refractivity contribution < 1.29 is 0 Å². The normalized spacial score (nSPS) is 27.4. The van der Waals surface area contributed by atoms with Crippen molar-refractivity contribution in [1.29, 1.82) is 0 Å². The molecular weight excluding hydrogens is 118 g/mol. The zero-order chi connectivity index (χ0) is 6.20. The van der Waals surface area contributed by atoms with Crippen molar-refractivity contribution in [2.45, 2.75) is 30.6 Å². The molecular formula is C6H13NS. The summed E-state index contributed by atoms with van der Waals surface area (Å²) < 4.78 is 0.486. The lowest BCUT2D eigenvalue weighted by Gasteiger charge is -2.15. The molecule has 8 heavy (non-hydrogen) atoms. The first kappa shape index (κ1) is 6.43. The van der Waals surface area contributed by atoms with E-state index in [0.29, 0.717) is 10.8 Å². The molecule has 0 spiro atoms. The van der Waals surface area contributed by atoms with Crippen LogP contribution in [-0.4, -0.2) is 17.0 Å². The van der Waals surface area contributed by atoms with Gasteiger partial charge in [-0.2, -0.15) is 11.8 Å². The van der Waals surface area contributed by atoms with E-state index in [1.807, 2.05) is 11.8 Å². The van der Waals surface area contributed by atoms with E-state index in [1.54, 1.807) is 0 Å². The third-order valence-electron chi connectivity index (χ3n) is 1.98. The topological polar surface area (TPSA) is 26.0 Å². The van der Waals surface area contributed by atoms with E-state index in [9.17, 15) is 0 Å². The summed E-state index contributed by atoms with van der Waals surface area (Å²) in [6, 6.07) is 0.387. The van der Waals surface area contributed by atoms with Gasteiger partial charge in [0.15, 0.2) is 0 Å². The van der Waals surface area contributed by atoms with Crippen LogP contribution in [0.3, 0.4) is 0 Å². The summed E-state index contributed by atoms with van der Waals surface area (Å²) in [5, 5.41) is 0. The van der Waals surface area contributed by atoms with Crippen LogP contribution in [0.25, 0.3) is 0 Å². The van der Waals surface area contributed by atoms with E-state index in [4.69, 9.17) is 5.73 Å². The summed E-state index contributed by atoms with van der Waals surface area (Å²) in [6.45, 7) is 2.10. The predicted molar refractivity (Wildman–Crippen MR) is 39.1 cm³/mol. The van der Waals surface area contributed by atoms with E-state index in [-0.39, 0.29) is 0 Å². The molecule has 0 aromatic carbocycles. The highest BCUT2D eigenvalue weighted by Gasteiger charge is 2.44. The number of hydrogen-bond donors (Lipinski definition) is 1. The molecule has 1 aliphatic rings. The maximum atomic E-state index is 5.72. The van der Waals surface area contributed by atoms with Crippen molar-refractivity contribution in [3.05, 3.63) is 0 Å². The highest BCUT2D eigenvalue weighted by Crippen LogP contribution is 2.48. The lowest BCUT2D eigenvalue weighted by Crippen LogP contribution is -2.30. The minimum atomic E-state index is 0.387. The third kappa shape index (κ3) is 0.869. The molecule has 1 aliphatic carbocycles. The van der Waals surface area contributed by atoms with Gasteiger partial charge in [0.25, 0.3) is 0 Å². The second kappa shape index (κ2) is 1.92. The first-order valence-electron chi connectivity index (χ1n) is 3.02. The number of rotatable bonds is 2. The number of hydrogen-bond acceptors (Lipinski definition) is 2. The van der Waals surface area contributed by atoms with Gasteiger partial charge in [-0.1, -0.05) is 0 Å². The van der Waals surface area contributed by atoms with Crippen molar-refractivity contribution in [2.24, 2.45) is 5.73 Å². The van der Waals surface area contributed by atoms with Crippen LogP contribution >= 0.6 is 11.8 Å². The second-order valence-corrected chi connectivity index (χ2v) is 3.78. The van der Waals surface area contributed by atoms with Gasteiger partial charge < -0.3 is 5.73 Å². The van der Waals surface area contributed by atoms with E-state index in [2.05, 4.69) is 13.2 Å². The van der Waals surface area contributed by atoms with Crippen LogP contribution in [0.2, 0.25) is 0 Å². The Balaban J connectivity index is 2.41. The molecule has 1 rings (SSSR count). The van der Waals surface area contributed by atoms with Gasteiger partial charge in [-0.05, 0) is 26.0 Å². The molecule has 0 aromatic rings. The van der Waals surface area contributed by atoms with Crippen molar-refractivity contribution in [3.8, 4) is 0 Å². The van der Waals surface area contributed by atoms with Gasteiger partial charge in [0.1, 0.15) is 0 Å². The van der Waals surface area contributed by atoms with Crippen LogP contribution in [-0.2, 0) is 0 Å². The lowest BCUT2D eigenvalue weighted by molar-refractivity contribution is 0.692. The molecule has 0 aromatic heterocycles. The van der Waals surface area contributed by atoms with E-state index >= 15 is 0 Å². The molecule has 1 atom stereocenters. The smallest absolute Gasteiger partial charge is 0.0306 e. The zero-order valence-corrected chi connectivity index (χ0v) is 6.29. The zero-order valence-electron chi connectivity index (χ0n) is 5.48. The van der Waals surface area contributed by atoms with Crippen LogP contribution in [0.15, 0.2) is 0 Å². The van der Waals surface area contributed by atoms with Gasteiger partial charge in [0.2, 0.25) is 0 Å². The monoisotopic (exact) mass is 131 g/mol. The molecule has 0 amide bonds. The molecule has 0 radical (unpaired) electrons. The van der Waals surface area contributed by atoms with Gasteiger partial charge in [0, 0.05) is 10.8 Å². The van der Waals surface area contributed by atoms with Crippen LogP contribution < -0.4 is 5.73 Å². The summed E-state index contributed by atoms with van der Waals surface area (Å²) in [5.41, 5.74) is 5.72. The van der Waals surface area contributed by atoms with Gasteiger partial charge in [-0.25, -0.2) is 0 Å². The fraction of sp³-hybridized carbons (Fsp3) is 1.00. The molecule has 2 heteroatoms. The summed E-state index contributed by atoms with van der Waals surface area (Å²) in [7, 11) is 0. The molecule has 2 N–H and O–H groups in total. The van der Waals surface area contributed by atoms with E-state index in [0.717, 1.165) is 0 Å². The Morgan fingerprint density at radius 2 is 2.12 bits per heavy atom. The fourth-order valence-corrected chi connectivity index (χ4v) is 1.85. The minimum absolute atomic E-state index is 0.387. The highest BCUT2D eigenvalue weighted by atomic mass is 32.2. The Labute approximate surface area is 55.0 Å². The van der Waals surface area contributed by atoms with Crippen LogP contribution in [0.4, 0.5) is 0 Å². The first-order chi connectivity index (χ1) is 3.71. The number of thioether (sulfide) groups is 1. The van der Waals surface area contributed by atoms with Crippen molar-refractivity contribution >= 4 is 11.8 Å². The summed E-state index contributed by atoms with van der Waals surface area (Å²) in [4.78, 5) is 0. The molecule has 0 aliphatic heterocycles. The maximum Gasteiger partial charge on any atom is 0.0306 e. The predicted octanol–water partition coefficient (Wildman–Crippen LogP) is 1.23. The Hall–Kier alpha value is 0.310. The largest absolute Gasteiger partial charge is 0.327 e. The van der Waals surface area contributed by atoms with E-state index in [1.165, 1.54) is 12.8 Å². The van der Waals surface area contributed by atoms with E-state index < -0.39 is 0 Å². The standard InChI is InChI=1S/C6H13NS/c1-5(7)6(8-2)3-4-6/h5H,3-4,7H2,1-2H3. The Morgan fingerprint density at radius 3 is 2.12 bits per heavy atom. The van der Waals surface area contributed by atoms with Gasteiger partial charge >= 0.3 is 0 Å². The molecule has 0 heterocycles. The lowest BCUT2D eigenvalue weighted by atomic mass is 10.2. The van der Waals surface area contributed by atoms with Crippen molar-refractivity contribution in [2.75, 3.05) is 6.26 Å². The molecule has 0 bridgehead atoms. The quantitative estimate of drug-likeness (QED) is 0.610. The van der Waals surface area contributed by atoms with Crippen LogP contribution in [0, 0.1) is 0 Å². The minimum Gasteiger partial charge on any atom is -0.327 e. The molecule has 1 saturated carbocycles. The van der Waals surface area contributed by atoms with Gasteiger partial charge in [-0.15, -0.1) is 0 Å². The third-order valence-corrected chi connectivity index (χ3v) is 3.57. The first-order valence-corrected chi connectivity index (χ1v) is 4.24. The Kier molecular flexibility index (Phi) is 1.54. The van der Waals surface area contributed by atoms with Crippen molar-refractivity contribution in [3.63, 3.8) is 0 Å². The Morgan fingerprint density at radius 1 is 1.62 bits per heavy atom. The maximum absolute atomic E-state index is 5.72. The van der Waals surface area contributed by atoms with Crippen LogP contribution in [0.5, 0.6) is 0 Å². The SMILES string of the molecule is CSC1(C(C)N)CC1. The Bertz CT molecular complexity index is 86.5. The molecule has 1 fully saturated rings. The molecule has 1 nitrogen and oxygen atoms in total. The molecule has 0 saturated heterocycles. The summed E-state index contributed by atoms with van der Waals surface area (Å²) in [6.07, 6.45) is 4.80. The van der Waals surface area contributed by atoms with Crippen molar-refractivity contribution in [1.82, 2.24) is 0 Å². The van der Waals surface area contributed by atoms with Gasteiger partial charge in [0.05, 0.1) is 0 Å².